The summed E-state index contributed by atoms with van der Waals surface area (Å²) >= 11 is 1.37. The normalized spacial score (nSPS) is 10.5. The van der Waals surface area contributed by atoms with Crippen LogP contribution in [0.15, 0.2) is 78.6 Å². The van der Waals surface area contributed by atoms with Crippen LogP contribution in [0.2, 0.25) is 0 Å². The van der Waals surface area contributed by atoms with Crippen molar-refractivity contribution in [1.82, 2.24) is 19.9 Å². The number of anilines is 2. The number of carbonyl (C=O) groups excluding carboxylic acids is 2. The average molecular weight is 445 g/mol. The first-order valence-corrected chi connectivity index (χ1v) is 10.7. The van der Waals surface area contributed by atoms with E-state index in [2.05, 4.69) is 20.3 Å². The fourth-order valence-electron chi connectivity index (χ4n) is 3.08. The van der Waals surface area contributed by atoms with E-state index >= 15 is 0 Å². The highest BCUT2D eigenvalue weighted by Gasteiger charge is 2.20. The van der Waals surface area contributed by atoms with Crippen molar-refractivity contribution in [3.8, 4) is 11.3 Å². The highest BCUT2D eigenvalue weighted by atomic mass is 32.1. The number of aromatic nitrogens is 3. The summed E-state index contributed by atoms with van der Waals surface area (Å²) in [7, 11) is 0. The molecule has 3 N–H and O–H groups in total. The zero-order valence-corrected chi connectivity index (χ0v) is 17.8. The standard InChI is InChI=1S/C23H20N6O2S/c24-23-28-20(15-32-23)16-4-6-18(7-5-16)27-21(30)14-29(13-19-3-1-2-10-26-19)22(31)17-8-11-25-12-9-17/h1-12,15H,13-14H2,(H2,24,28)(H,27,30). The van der Waals surface area contributed by atoms with Gasteiger partial charge in [0.2, 0.25) is 5.91 Å². The number of nitrogen functional groups attached to an aromatic ring is 1. The Morgan fingerprint density at radius 2 is 1.78 bits per heavy atom. The van der Waals surface area contributed by atoms with Crippen LogP contribution in [0.25, 0.3) is 11.3 Å². The van der Waals surface area contributed by atoms with Crippen LogP contribution in [0.3, 0.4) is 0 Å². The van der Waals surface area contributed by atoms with Crippen LogP contribution in [0.4, 0.5) is 10.8 Å². The van der Waals surface area contributed by atoms with Gasteiger partial charge in [-0.15, -0.1) is 11.3 Å². The Balaban J connectivity index is 1.46. The van der Waals surface area contributed by atoms with E-state index in [0.717, 1.165) is 11.3 Å². The molecule has 3 aromatic heterocycles. The third-order valence-electron chi connectivity index (χ3n) is 4.61. The number of benzene rings is 1. The molecule has 4 aromatic rings. The molecule has 2 amide bonds. The Labute approximate surface area is 188 Å². The van der Waals surface area contributed by atoms with E-state index in [9.17, 15) is 9.59 Å². The average Bonchev–Trinajstić information content (AvgIpc) is 3.26. The zero-order chi connectivity index (χ0) is 22.3. The van der Waals surface area contributed by atoms with E-state index in [4.69, 9.17) is 5.73 Å². The minimum Gasteiger partial charge on any atom is -0.375 e. The SMILES string of the molecule is Nc1nc(-c2ccc(NC(=O)CN(Cc3ccccn3)C(=O)c3ccncc3)cc2)cs1. The second-order valence-corrected chi connectivity index (χ2v) is 7.80. The van der Waals surface area contributed by atoms with E-state index in [-0.39, 0.29) is 24.9 Å². The van der Waals surface area contributed by atoms with Crippen molar-refractivity contribution in [2.45, 2.75) is 6.54 Å². The summed E-state index contributed by atoms with van der Waals surface area (Å²) in [6.45, 7) is 0.0850. The van der Waals surface area contributed by atoms with Gasteiger partial charge in [0, 0.05) is 40.8 Å². The summed E-state index contributed by atoms with van der Waals surface area (Å²) < 4.78 is 0. The van der Waals surface area contributed by atoms with Gasteiger partial charge in [-0.25, -0.2) is 4.98 Å². The van der Waals surface area contributed by atoms with Crippen molar-refractivity contribution >= 4 is 34.0 Å². The molecule has 0 aliphatic rings. The van der Waals surface area contributed by atoms with Gasteiger partial charge in [0.25, 0.3) is 5.91 Å². The van der Waals surface area contributed by atoms with Gasteiger partial charge < -0.3 is 16.0 Å². The van der Waals surface area contributed by atoms with Crippen LogP contribution in [0, 0.1) is 0 Å². The largest absolute Gasteiger partial charge is 0.375 e. The van der Waals surface area contributed by atoms with Gasteiger partial charge in [-0.1, -0.05) is 18.2 Å². The summed E-state index contributed by atoms with van der Waals surface area (Å²) in [5.74, 6) is -0.585. The van der Waals surface area contributed by atoms with Crippen molar-refractivity contribution in [2.75, 3.05) is 17.6 Å². The molecule has 4 rings (SSSR count). The molecule has 0 atom stereocenters. The Bertz CT molecular complexity index is 1200. The molecule has 32 heavy (non-hydrogen) atoms. The Kier molecular flexibility index (Phi) is 6.47. The smallest absolute Gasteiger partial charge is 0.254 e. The summed E-state index contributed by atoms with van der Waals surface area (Å²) in [5, 5.41) is 5.22. The molecule has 0 radical (unpaired) electrons. The quantitative estimate of drug-likeness (QED) is 0.451. The topological polar surface area (TPSA) is 114 Å². The van der Waals surface area contributed by atoms with Crippen LogP contribution in [0.1, 0.15) is 16.1 Å². The Morgan fingerprint density at radius 1 is 1.00 bits per heavy atom. The molecule has 0 saturated carbocycles. The van der Waals surface area contributed by atoms with Crippen molar-refractivity contribution < 1.29 is 9.59 Å². The lowest BCUT2D eigenvalue weighted by Crippen LogP contribution is -2.37. The fraction of sp³-hybridized carbons (Fsp3) is 0.0870. The maximum atomic E-state index is 13.0. The highest BCUT2D eigenvalue weighted by molar-refractivity contribution is 7.13. The number of rotatable bonds is 7. The molecular weight excluding hydrogens is 424 g/mol. The van der Waals surface area contributed by atoms with Crippen molar-refractivity contribution in [3.63, 3.8) is 0 Å². The van der Waals surface area contributed by atoms with Crippen molar-refractivity contribution in [1.29, 1.82) is 0 Å². The number of nitrogens with one attached hydrogen (secondary N) is 1. The molecule has 0 aliphatic carbocycles. The van der Waals surface area contributed by atoms with E-state index in [1.54, 1.807) is 48.9 Å². The molecule has 0 bridgehead atoms. The van der Waals surface area contributed by atoms with Crippen LogP contribution in [-0.4, -0.2) is 38.2 Å². The van der Waals surface area contributed by atoms with Gasteiger partial charge in [-0.3, -0.25) is 19.6 Å². The van der Waals surface area contributed by atoms with Gasteiger partial charge in [0.05, 0.1) is 17.9 Å². The molecule has 0 unspecified atom stereocenters. The lowest BCUT2D eigenvalue weighted by atomic mass is 10.1. The minimum atomic E-state index is -0.311. The summed E-state index contributed by atoms with van der Waals surface area (Å²) in [5.41, 5.74) is 9.15. The fourth-order valence-corrected chi connectivity index (χ4v) is 3.65. The van der Waals surface area contributed by atoms with E-state index in [0.29, 0.717) is 22.1 Å². The van der Waals surface area contributed by atoms with Crippen molar-refractivity contribution in [2.24, 2.45) is 0 Å². The maximum absolute atomic E-state index is 13.0. The highest BCUT2D eigenvalue weighted by Crippen LogP contribution is 2.24. The maximum Gasteiger partial charge on any atom is 0.254 e. The molecule has 9 heteroatoms. The van der Waals surface area contributed by atoms with E-state index in [1.807, 2.05) is 29.6 Å². The molecule has 8 nitrogen and oxygen atoms in total. The van der Waals surface area contributed by atoms with E-state index < -0.39 is 0 Å². The monoisotopic (exact) mass is 444 g/mol. The van der Waals surface area contributed by atoms with Crippen molar-refractivity contribution in [3.05, 3.63) is 89.8 Å². The number of thiazole rings is 1. The molecule has 0 saturated heterocycles. The van der Waals surface area contributed by atoms with Crippen LogP contribution in [-0.2, 0) is 11.3 Å². The molecule has 160 valence electrons. The lowest BCUT2D eigenvalue weighted by molar-refractivity contribution is -0.117. The molecule has 0 aliphatic heterocycles. The summed E-state index contributed by atoms with van der Waals surface area (Å²) in [6, 6.07) is 16.0. The zero-order valence-electron chi connectivity index (χ0n) is 17.0. The van der Waals surface area contributed by atoms with Gasteiger partial charge >= 0.3 is 0 Å². The number of hydrogen-bond donors (Lipinski definition) is 2. The predicted octanol–water partition coefficient (Wildman–Crippen LogP) is 3.46. The number of hydrogen-bond acceptors (Lipinski definition) is 7. The van der Waals surface area contributed by atoms with Gasteiger partial charge in [0.1, 0.15) is 6.54 Å². The van der Waals surface area contributed by atoms with Crippen LogP contribution >= 0.6 is 11.3 Å². The summed E-state index contributed by atoms with van der Waals surface area (Å²) in [6.07, 6.45) is 4.75. The molecule has 0 spiro atoms. The van der Waals surface area contributed by atoms with E-state index in [1.165, 1.54) is 16.2 Å². The first-order valence-electron chi connectivity index (χ1n) is 9.79. The molecular formula is C23H20N6O2S. The van der Waals surface area contributed by atoms with Crippen LogP contribution in [0.5, 0.6) is 0 Å². The number of pyridine rings is 2. The number of nitrogens with two attached hydrogens (primary N) is 1. The van der Waals surface area contributed by atoms with Crippen LogP contribution < -0.4 is 11.1 Å². The molecule has 1 aromatic carbocycles. The Hall–Kier alpha value is -4.11. The first kappa shape index (κ1) is 21.1. The number of carbonyl (C=O) groups is 2. The predicted molar refractivity (Wildman–Crippen MR) is 124 cm³/mol. The van der Waals surface area contributed by atoms with Gasteiger partial charge in [0.15, 0.2) is 5.13 Å². The molecule has 0 fully saturated rings. The second-order valence-electron chi connectivity index (χ2n) is 6.91. The first-order chi connectivity index (χ1) is 15.6. The van der Waals surface area contributed by atoms with Gasteiger partial charge in [-0.2, -0.15) is 0 Å². The molecule has 3 heterocycles. The lowest BCUT2D eigenvalue weighted by Gasteiger charge is -2.22. The number of nitrogens with zero attached hydrogens (tertiary/aromatic N) is 4. The Morgan fingerprint density at radius 3 is 2.44 bits per heavy atom. The second kappa shape index (κ2) is 9.80. The minimum absolute atomic E-state index is 0.123. The number of amides is 2. The third-order valence-corrected chi connectivity index (χ3v) is 5.29. The summed E-state index contributed by atoms with van der Waals surface area (Å²) in [4.78, 5) is 39.7. The van der Waals surface area contributed by atoms with Gasteiger partial charge in [-0.05, 0) is 36.4 Å². The third kappa shape index (κ3) is 5.32.